The number of carbonyl (C=O) groups is 1. The molecule has 0 saturated heterocycles. The van der Waals surface area contributed by atoms with Gasteiger partial charge in [-0.1, -0.05) is 12.1 Å². The van der Waals surface area contributed by atoms with Crippen LogP contribution in [-0.2, 0) is 11.0 Å². The predicted octanol–water partition coefficient (Wildman–Crippen LogP) is 2.89. The highest BCUT2D eigenvalue weighted by Crippen LogP contribution is 2.33. The van der Waals surface area contributed by atoms with Crippen LogP contribution in [-0.4, -0.2) is 26.6 Å². The summed E-state index contributed by atoms with van der Waals surface area (Å²) in [7, 11) is 0. The Morgan fingerprint density at radius 1 is 1.27 bits per heavy atom. The Balaban J connectivity index is 1.72. The summed E-state index contributed by atoms with van der Waals surface area (Å²) in [6.45, 7) is 0. The number of nitrogens with one attached hydrogen (secondary N) is 4. The van der Waals surface area contributed by atoms with E-state index in [9.17, 15) is 27.6 Å². The first-order chi connectivity index (χ1) is 14.0. The Morgan fingerprint density at radius 3 is 2.67 bits per heavy atom. The molecule has 0 aliphatic rings. The van der Waals surface area contributed by atoms with E-state index in [1.165, 1.54) is 17.5 Å². The molecule has 0 aliphatic heterocycles. The van der Waals surface area contributed by atoms with Crippen LogP contribution in [0.3, 0.4) is 0 Å². The van der Waals surface area contributed by atoms with Crippen molar-refractivity contribution in [2.75, 3.05) is 5.32 Å². The molecule has 1 amide bonds. The maximum absolute atomic E-state index is 12.9. The van der Waals surface area contributed by atoms with Gasteiger partial charge in [0, 0.05) is 10.9 Å². The number of hydrogen-bond acceptors (Lipinski definition) is 7. The summed E-state index contributed by atoms with van der Waals surface area (Å²) in [6, 6.07) is 4.61. The van der Waals surface area contributed by atoms with Crippen LogP contribution in [0.5, 0.6) is 0 Å². The van der Waals surface area contributed by atoms with E-state index in [4.69, 9.17) is 5.41 Å². The quantitative estimate of drug-likeness (QED) is 0.230. The zero-order valence-electron chi connectivity index (χ0n) is 14.8. The molecule has 0 atom stereocenters. The summed E-state index contributed by atoms with van der Waals surface area (Å²) in [6.07, 6.45) is -5.00. The molecule has 2 aromatic heterocycles. The lowest BCUT2D eigenvalue weighted by atomic mass is 10.1. The first-order valence-corrected chi connectivity index (χ1v) is 9.43. The highest BCUT2D eigenvalue weighted by molar-refractivity contribution is 7.80. The van der Waals surface area contributed by atoms with Crippen LogP contribution in [0.2, 0.25) is 0 Å². The lowest BCUT2D eigenvalue weighted by molar-refractivity contribution is -0.137. The van der Waals surface area contributed by atoms with E-state index in [-0.39, 0.29) is 32.7 Å². The molecule has 3 rings (SSSR count). The smallest absolute Gasteiger partial charge is 0.304 e. The average molecular weight is 455 g/mol. The number of benzene rings is 1. The number of halogens is 3. The average Bonchev–Trinajstić information content (AvgIpc) is 3.08. The SMILES string of the molecule is N=C(CC(=O)Nc1nc(-c2cccc(C(F)(F)F)c2)cs1)c1c(S)[nH]c(=O)[nH]c1=O. The Labute approximate surface area is 175 Å². The number of alkyl halides is 3. The molecule has 0 unspecified atom stereocenters. The summed E-state index contributed by atoms with van der Waals surface area (Å²) in [4.78, 5) is 43.4. The molecule has 0 aliphatic carbocycles. The number of thiol groups is 1. The van der Waals surface area contributed by atoms with Crippen LogP contribution >= 0.6 is 24.0 Å². The molecule has 0 radical (unpaired) electrons. The molecule has 0 spiro atoms. The lowest BCUT2D eigenvalue weighted by Crippen LogP contribution is -2.30. The van der Waals surface area contributed by atoms with Crippen molar-refractivity contribution < 1.29 is 18.0 Å². The van der Waals surface area contributed by atoms with E-state index in [1.807, 2.05) is 4.98 Å². The van der Waals surface area contributed by atoms with Crippen LogP contribution in [0, 0.1) is 5.41 Å². The number of aromatic nitrogens is 3. The van der Waals surface area contributed by atoms with E-state index in [0.717, 1.165) is 23.5 Å². The van der Waals surface area contributed by atoms with Crippen molar-refractivity contribution in [3.8, 4) is 11.3 Å². The van der Waals surface area contributed by atoms with Crippen molar-refractivity contribution in [3.05, 3.63) is 61.6 Å². The molecule has 30 heavy (non-hydrogen) atoms. The molecule has 2 heterocycles. The molecule has 8 nitrogen and oxygen atoms in total. The molecule has 0 fully saturated rings. The van der Waals surface area contributed by atoms with Crippen molar-refractivity contribution in [2.24, 2.45) is 0 Å². The third kappa shape index (κ3) is 4.86. The Kier molecular flexibility index (Phi) is 5.94. The fourth-order valence-electron chi connectivity index (χ4n) is 2.49. The number of carbonyl (C=O) groups excluding carboxylic acids is 1. The molecule has 3 aromatic rings. The van der Waals surface area contributed by atoms with Crippen LogP contribution in [0.25, 0.3) is 11.3 Å². The summed E-state index contributed by atoms with van der Waals surface area (Å²) in [5.74, 6) is -0.678. The molecule has 0 bridgehead atoms. The molecule has 4 N–H and O–H groups in total. The third-order valence-electron chi connectivity index (χ3n) is 3.80. The van der Waals surface area contributed by atoms with E-state index in [0.29, 0.717) is 0 Å². The van der Waals surface area contributed by atoms with Crippen LogP contribution in [0.4, 0.5) is 18.3 Å². The van der Waals surface area contributed by atoms with Gasteiger partial charge in [-0.25, -0.2) is 9.78 Å². The number of nitrogens with zero attached hydrogens (tertiary/aromatic N) is 1. The Hall–Kier alpha value is -3.19. The van der Waals surface area contributed by atoms with E-state index >= 15 is 0 Å². The van der Waals surface area contributed by atoms with Crippen LogP contribution in [0.1, 0.15) is 17.5 Å². The predicted molar refractivity (Wildman–Crippen MR) is 108 cm³/mol. The van der Waals surface area contributed by atoms with Gasteiger partial charge < -0.3 is 15.7 Å². The number of anilines is 1. The van der Waals surface area contributed by atoms with Crippen LogP contribution in [0.15, 0.2) is 44.3 Å². The molecule has 1 aromatic carbocycles. The van der Waals surface area contributed by atoms with Gasteiger partial charge in [0.1, 0.15) is 0 Å². The number of aromatic amines is 2. The van der Waals surface area contributed by atoms with Gasteiger partial charge in [-0.05, 0) is 12.1 Å². The second-order valence-electron chi connectivity index (χ2n) is 5.95. The van der Waals surface area contributed by atoms with Crippen molar-refractivity contribution >= 4 is 40.7 Å². The van der Waals surface area contributed by atoms with Crippen molar-refractivity contribution in [3.63, 3.8) is 0 Å². The van der Waals surface area contributed by atoms with E-state index < -0.39 is 35.3 Å². The molecule has 13 heteroatoms. The monoisotopic (exact) mass is 455 g/mol. The zero-order valence-corrected chi connectivity index (χ0v) is 16.5. The van der Waals surface area contributed by atoms with Crippen LogP contribution < -0.4 is 16.6 Å². The van der Waals surface area contributed by atoms with Gasteiger partial charge in [0.05, 0.1) is 34.0 Å². The fourth-order valence-corrected chi connectivity index (χ4v) is 3.56. The topological polar surface area (TPSA) is 132 Å². The summed E-state index contributed by atoms with van der Waals surface area (Å²) in [5.41, 5.74) is -2.64. The van der Waals surface area contributed by atoms with Gasteiger partial charge in [0.25, 0.3) is 5.56 Å². The zero-order chi connectivity index (χ0) is 22.1. The summed E-state index contributed by atoms with van der Waals surface area (Å²) < 4.78 is 38.6. The lowest BCUT2D eigenvalue weighted by Gasteiger charge is -2.07. The number of H-pyrrole nitrogens is 2. The second-order valence-corrected chi connectivity index (χ2v) is 7.26. The minimum absolute atomic E-state index is 0.113. The van der Waals surface area contributed by atoms with Gasteiger partial charge in [0.15, 0.2) is 5.13 Å². The molecule has 156 valence electrons. The number of rotatable bonds is 5. The largest absolute Gasteiger partial charge is 0.416 e. The van der Waals surface area contributed by atoms with Gasteiger partial charge in [-0.15, -0.1) is 24.0 Å². The van der Waals surface area contributed by atoms with E-state index in [2.05, 4.69) is 27.9 Å². The van der Waals surface area contributed by atoms with E-state index in [1.54, 1.807) is 0 Å². The van der Waals surface area contributed by atoms with Gasteiger partial charge in [-0.3, -0.25) is 14.6 Å². The van der Waals surface area contributed by atoms with Gasteiger partial charge in [0.2, 0.25) is 5.91 Å². The highest BCUT2D eigenvalue weighted by Gasteiger charge is 2.30. The Bertz CT molecular complexity index is 1250. The normalized spacial score (nSPS) is 11.3. The minimum Gasteiger partial charge on any atom is -0.304 e. The summed E-state index contributed by atoms with van der Waals surface area (Å²) in [5, 5.41) is 11.8. The Morgan fingerprint density at radius 2 is 2.00 bits per heavy atom. The van der Waals surface area contributed by atoms with Crippen molar-refractivity contribution in [1.29, 1.82) is 5.41 Å². The number of hydrogen-bond donors (Lipinski definition) is 5. The number of thiazole rings is 1. The highest BCUT2D eigenvalue weighted by atomic mass is 32.1. The number of amides is 1. The first-order valence-electron chi connectivity index (χ1n) is 8.11. The molecular weight excluding hydrogens is 443 g/mol. The summed E-state index contributed by atoms with van der Waals surface area (Å²) >= 11 is 4.92. The van der Waals surface area contributed by atoms with Crippen molar-refractivity contribution in [2.45, 2.75) is 17.6 Å². The first kappa shape index (κ1) is 21.5. The maximum Gasteiger partial charge on any atom is 0.416 e. The maximum atomic E-state index is 12.9. The standard InChI is InChI=1S/C17H12F3N5O3S2/c18-17(19,20)8-3-1-2-7(4-8)10-6-30-16(22-10)23-11(26)5-9(21)12-13(27)24-15(28)25-14(12)29/h1-4,6,21H,5H2,(H,22,23,26)(H3,24,25,27,28,29). The van der Waals surface area contributed by atoms with Gasteiger partial charge >= 0.3 is 11.9 Å². The third-order valence-corrected chi connectivity index (χ3v) is 4.89. The molecule has 0 saturated carbocycles. The second kappa shape index (κ2) is 8.28. The van der Waals surface area contributed by atoms with Crippen molar-refractivity contribution in [1.82, 2.24) is 15.0 Å². The van der Waals surface area contributed by atoms with Gasteiger partial charge in [-0.2, -0.15) is 13.2 Å². The minimum atomic E-state index is -4.49. The molecular formula is C17H12F3N5O3S2. The fraction of sp³-hybridized carbons (Fsp3) is 0.118.